The number of H-pyrrole nitrogens is 1. The second-order valence-electron chi connectivity index (χ2n) is 5.34. The molecule has 1 aromatic heterocycles. The number of alkyl halides is 1. The largest absolute Gasteiger partial charge is 0.371 e. The molecule has 1 aliphatic heterocycles. The molecule has 0 unspecified atom stereocenters. The van der Waals surface area contributed by atoms with Gasteiger partial charge < -0.3 is 9.82 Å². The molecule has 1 aliphatic rings. The second-order valence-corrected chi connectivity index (χ2v) is 6.34. The van der Waals surface area contributed by atoms with Gasteiger partial charge in [-0.05, 0) is 24.3 Å². The summed E-state index contributed by atoms with van der Waals surface area (Å²) < 4.78 is 28.2. The number of fused-ring (bicyclic) bond motifs is 1. The maximum atomic E-state index is 14.1. The number of nitrogens with one attached hydrogen (secondary N) is 1. The zero-order chi connectivity index (χ0) is 17.6. The van der Waals surface area contributed by atoms with Crippen LogP contribution in [0.3, 0.4) is 0 Å². The predicted molar refractivity (Wildman–Crippen MR) is 95.1 cm³/mol. The molecular formula is C16H10BrClF2N4O. The Bertz CT molecular complexity index is 1010. The van der Waals surface area contributed by atoms with Gasteiger partial charge in [0, 0.05) is 16.3 Å². The van der Waals surface area contributed by atoms with Gasteiger partial charge in [0.25, 0.3) is 0 Å². The Morgan fingerprint density at radius 3 is 2.92 bits per heavy atom. The van der Waals surface area contributed by atoms with Crippen LogP contribution in [0.1, 0.15) is 11.4 Å². The van der Waals surface area contributed by atoms with Crippen LogP contribution in [0.5, 0.6) is 0 Å². The lowest BCUT2D eigenvalue weighted by atomic mass is 10.1. The van der Waals surface area contributed by atoms with Crippen molar-refractivity contribution in [1.82, 2.24) is 9.97 Å². The third kappa shape index (κ3) is 2.75. The van der Waals surface area contributed by atoms with Crippen LogP contribution >= 0.6 is 27.5 Å². The molecule has 0 saturated heterocycles. The standard InChI is InChI=1S/C16H10BrClF2N4O/c17-6-12-21-14-10(5-11(19)13(20)15(14)22-12)16-23-25-7-24(16)9-3-1-2-8(18)4-9/h1-5H,6-7H2,(H,21,22). The number of hydrogen-bond donors (Lipinski definition) is 1. The maximum absolute atomic E-state index is 14.1. The van der Waals surface area contributed by atoms with E-state index in [4.69, 9.17) is 16.4 Å². The smallest absolute Gasteiger partial charge is 0.195 e. The summed E-state index contributed by atoms with van der Waals surface area (Å²) in [6.07, 6.45) is 0. The number of amidine groups is 1. The van der Waals surface area contributed by atoms with Crippen LogP contribution in [0.25, 0.3) is 11.0 Å². The quantitative estimate of drug-likeness (QED) is 0.624. The van der Waals surface area contributed by atoms with Crippen LogP contribution in [0, 0.1) is 11.6 Å². The molecule has 5 nitrogen and oxygen atoms in total. The van der Waals surface area contributed by atoms with E-state index in [0.29, 0.717) is 33.1 Å². The second kappa shape index (κ2) is 6.27. The molecule has 0 spiro atoms. The number of hydrogen-bond acceptors (Lipinski definition) is 4. The summed E-state index contributed by atoms with van der Waals surface area (Å²) in [6, 6.07) is 8.17. The molecule has 2 heterocycles. The van der Waals surface area contributed by atoms with Crippen molar-refractivity contribution in [2.24, 2.45) is 5.16 Å². The Kier molecular flexibility index (Phi) is 4.09. The predicted octanol–water partition coefficient (Wildman–Crippen LogP) is 4.55. The van der Waals surface area contributed by atoms with E-state index in [2.05, 4.69) is 31.1 Å². The molecule has 0 aliphatic carbocycles. The number of nitrogens with zero attached hydrogens (tertiary/aromatic N) is 3. The van der Waals surface area contributed by atoms with Gasteiger partial charge in [0.2, 0.25) is 0 Å². The van der Waals surface area contributed by atoms with E-state index in [9.17, 15) is 8.78 Å². The minimum absolute atomic E-state index is 0.0786. The van der Waals surface area contributed by atoms with E-state index in [-0.39, 0.29) is 12.2 Å². The maximum Gasteiger partial charge on any atom is 0.195 e. The van der Waals surface area contributed by atoms with Crippen molar-refractivity contribution < 1.29 is 13.6 Å². The van der Waals surface area contributed by atoms with Gasteiger partial charge in [0.05, 0.1) is 10.8 Å². The highest BCUT2D eigenvalue weighted by atomic mass is 79.9. The molecule has 128 valence electrons. The zero-order valence-electron chi connectivity index (χ0n) is 12.6. The average Bonchev–Trinajstić information content (AvgIpc) is 3.25. The number of aromatic nitrogens is 2. The third-order valence-electron chi connectivity index (χ3n) is 3.79. The van der Waals surface area contributed by atoms with Crippen molar-refractivity contribution in [2.45, 2.75) is 5.33 Å². The summed E-state index contributed by atoms with van der Waals surface area (Å²) in [6.45, 7) is 0.135. The number of anilines is 1. The third-order valence-corrected chi connectivity index (χ3v) is 4.56. The van der Waals surface area contributed by atoms with Gasteiger partial charge >= 0.3 is 0 Å². The first kappa shape index (κ1) is 16.3. The minimum atomic E-state index is -1.00. The lowest BCUT2D eigenvalue weighted by Crippen LogP contribution is -2.28. The van der Waals surface area contributed by atoms with Crippen molar-refractivity contribution in [3.63, 3.8) is 0 Å². The van der Waals surface area contributed by atoms with Gasteiger partial charge in [-0.3, -0.25) is 4.90 Å². The number of benzene rings is 2. The summed E-state index contributed by atoms with van der Waals surface area (Å²) in [5.41, 5.74) is 1.35. The van der Waals surface area contributed by atoms with Gasteiger partial charge in [0.15, 0.2) is 24.2 Å². The molecule has 0 radical (unpaired) electrons. The number of imidazole rings is 1. The summed E-state index contributed by atoms with van der Waals surface area (Å²) >= 11 is 9.30. The zero-order valence-corrected chi connectivity index (χ0v) is 14.9. The topological polar surface area (TPSA) is 53.5 Å². The minimum Gasteiger partial charge on any atom is -0.371 e. The van der Waals surface area contributed by atoms with Crippen LogP contribution in [0.2, 0.25) is 5.02 Å². The highest BCUT2D eigenvalue weighted by Gasteiger charge is 2.27. The molecule has 9 heteroatoms. The Morgan fingerprint density at radius 1 is 1.32 bits per heavy atom. The van der Waals surface area contributed by atoms with Crippen molar-refractivity contribution >= 4 is 50.1 Å². The van der Waals surface area contributed by atoms with E-state index >= 15 is 0 Å². The summed E-state index contributed by atoms with van der Waals surface area (Å²) in [4.78, 5) is 14.0. The Labute approximate surface area is 154 Å². The van der Waals surface area contributed by atoms with Gasteiger partial charge in [-0.2, -0.15) is 0 Å². The monoisotopic (exact) mass is 426 g/mol. The lowest BCUT2D eigenvalue weighted by molar-refractivity contribution is 0.174. The molecule has 1 N–H and O–H groups in total. The van der Waals surface area contributed by atoms with Crippen molar-refractivity contribution in [3.8, 4) is 0 Å². The van der Waals surface area contributed by atoms with Crippen LogP contribution in [0.15, 0.2) is 35.5 Å². The Morgan fingerprint density at radius 2 is 2.16 bits per heavy atom. The molecule has 0 fully saturated rings. The summed E-state index contributed by atoms with van der Waals surface area (Å²) in [7, 11) is 0. The van der Waals surface area contributed by atoms with Crippen LogP contribution in [-0.4, -0.2) is 22.5 Å². The number of oxime groups is 1. The van der Waals surface area contributed by atoms with E-state index in [1.54, 1.807) is 23.1 Å². The molecule has 3 aromatic rings. The normalized spacial score (nSPS) is 14.1. The number of rotatable bonds is 3. The molecule has 2 aromatic carbocycles. The van der Waals surface area contributed by atoms with Gasteiger partial charge in [-0.15, -0.1) is 0 Å². The molecule has 4 rings (SSSR count). The molecule has 0 saturated carbocycles. The van der Waals surface area contributed by atoms with Crippen LogP contribution in [0.4, 0.5) is 14.5 Å². The molecule has 0 amide bonds. The number of halogens is 4. The summed E-state index contributed by atoms with van der Waals surface area (Å²) in [5, 5.41) is 4.92. The van der Waals surface area contributed by atoms with Gasteiger partial charge in [-0.25, -0.2) is 13.8 Å². The van der Waals surface area contributed by atoms with Crippen LogP contribution < -0.4 is 4.90 Å². The highest BCUT2D eigenvalue weighted by Crippen LogP contribution is 2.29. The van der Waals surface area contributed by atoms with Gasteiger partial charge in [-0.1, -0.05) is 38.8 Å². The Balaban J connectivity index is 1.88. The fourth-order valence-electron chi connectivity index (χ4n) is 2.68. The van der Waals surface area contributed by atoms with Crippen molar-refractivity contribution in [2.75, 3.05) is 11.6 Å². The van der Waals surface area contributed by atoms with E-state index in [1.807, 2.05) is 6.07 Å². The van der Waals surface area contributed by atoms with Crippen molar-refractivity contribution in [3.05, 3.63) is 58.4 Å². The van der Waals surface area contributed by atoms with E-state index in [0.717, 1.165) is 11.8 Å². The number of aromatic amines is 1. The van der Waals surface area contributed by atoms with Crippen molar-refractivity contribution in [1.29, 1.82) is 0 Å². The fourth-order valence-corrected chi connectivity index (χ4v) is 3.13. The summed E-state index contributed by atoms with van der Waals surface area (Å²) in [5.74, 6) is -1.18. The first-order chi connectivity index (χ1) is 12.1. The first-order valence-corrected chi connectivity index (χ1v) is 8.74. The molecule has 0 atom stereocenters. The highest BCUT2D eigenvalue weighted by molar-refractivity contribution is 9.08. The first-order valence-electron chi connectivity index (χ1n) is 7.24. The van der Waals surface area contributed by atoms with E-state index in [1.165, 1.54) is 0 Å². The lowest BCUT2D eigenvalue weighted by Gasteiger charge is -2.18. The molecule has 25 heavy (non-hydrogen) atoms. The van der Waals surface area contributed by atoms with Crippen LogP contribution in [-0.2, 0) is 10.2 Å². The van der Waals surface area contributed by atoms with E-state index < -0.39 is 11.6 Å². The molecule has 0 bridgehead atoms. The Hall–Kier alpha value is -2.19. The van der Waals surface area contributed by atoms with Gasteiger partial charge in [0.1, 0.15) is 11.3 Å². The SMILES string of the molecule is Fc1cc(C2=NOCN2c2cccc(Cl)c2)c2[nH]c(CBr)nc2c1F. The average molecular weight is 428 g/mol. The fraction of sp³-hybridized carbons (Fsp3) is 0.125. The molecular weight excluding hydrogens is 418 g/mol.